The number of fused-ring (bicyclic) bond motifs is 1. The lowest BCUT2D eigenvalue weighted by molar-refractivity contribution is 0.0928. The van der Waals surface area contributed by atoms with Crippen LogP contribution in [0.4, 0.5) is 10.8 Å². The smallest absolute Gasteiger partial charge is 0.267 e. The van der Waals surface area contributed by atoms with E-state index in [-0.39, 0.29) is 11.8 Å². The maximum absolute atomic E-state index is 12.5. The molecule has 5 nitrogen and oxygen atoms in total. The first-order valence-electron chi connectivity index (χ1n) is 6.26. The van der Waals surface area contributed by atoms with E-state index in [1.807, 2.05) is 11.4 Å². The van der Waals surface area contributed by atoms with Crippen LogP contribution in [0.5, 0.6) is 0 Å². The average molecular weight is 345 g/mol. The maximum atomic E-state index is 12.5. The van der Waals surface area contributed by atoms with E-state index in [9.17, 15) is 9.59 Å². The molecule has 0 atom stereocenters. The summed E-state index contributed by atoms with van der Waals surface area (Å²) in [4.78, 5) is 35.5. The van der Waals surface area contributed by atoms with Gasteiger partial charge in [-0.25, -0.2) is 9.88 Å². The predicted octanol–water partition coefficient (Wildman–Crippen LogP) is 3.30. The molecule has 0 N–H and O–H groups in total. The summed E-state index contributed by atoms with van der Waals surface area (Å²) in [6.07, 6.45) is 1.67. The van der Waals surface area contributed by atoms with Crippen LogP contribution in [0.15, 0.2) is 46.9 Å². The fourth-order valence-corrected chi connectivity index (χ4v) is 4.94. The Hall–Kier alpha value is -2.16. The van der Waals surface area contributed by atoms with Crippen molar-refractivity contribution >= 4 is 56.6 Å². The van der Waals surface area contributed by atoms with Crippen molar-refractivity contribution in [1.82, 2.24) is 4.98 Å². The second-order valence-corrected chi connectivity index (χ2v) is 7.47. The van der Waals surface area contributed by atoms with Gasteiger partial charge in [0.2, 0.25) is 5.13 Å². The third-order valence-electron chi connectivity index (χ3n) is 3.00. The molecule has 0 radical (unpaired) electrons. The third kappa shape index (κ3) is 2.12. The summed E-state index contributed by atoms with van der Waals surface area (Å²) in [6.45, 7) is 0. The number of carbonyl (C=O) groups excluding carboxylic acids is 2. The number of para-hydroxylation sites is 1. The number of aromatic nitrogens is 1. The van der Waals surface area contributed by atoms with Gasteiger partial charge in [-0.15, -0.1) is 11.3 Å². The van der Waals surface area contributed by atoms with E-state index in [1.54, 1.807) is 30.5 Å². The Kier molecular flexibility index (Phi) is 3.21. The molecule has 1 aromatic carbocycles. The van der Waals surface area contributed by atoms with Crippen molar-refractivity contribution in [1.29, 1.82) is 0 Å². The molecule has 0 saturated heterocycles. The molecule has 0 bridgehead atoms. The first kappa shape index (κ1) is 13.5. The second kappa shape index (κ2) is 5.24. The van der Waals surface area contributed by atoms with Gasteiger partial charge in [0.05, 0.1) is 5.69 Å². The normalized spacial score (nSPS) is 13.5. The van der Waals surface area contributed by atoms with Gasteiger partial charge >= 0.3 is 0 Å². The minimum absolute atomic E-state index is 0.284. The largest absolute Gasteiger partial charge is 0.277 e. The summed E-state index contributed by atoms with van der Waals surface area (Å²) in [7, 11) is 0. The van der Waals surface area contributed by atoms with Gasteiger partial charge in [0.1, 0.15) is 9.75 Å². The molecule has 1 aliphatic rings. The van der Waals surface area contributed by atoms with Crippen LogP contribution >= 0.6 is 34.0 Å². The average Bonchev–Trinajstić information content (AvgIpc) is 3.22. The molecule has 2 aromatic heterocycles. The molecular weight excluding hydrogens is 338 g/mol. The minimum atomic E-state index is -0.284. The lowest BCUT2D eigenvalue weighted by Gasteiger charge is -2.12. The molecule has 0 saturated carbocycles. The molecule has 108 valence electrons. The monoisotopic (exact) mass is 345 g/mol. The van der Waals surface area contributed by atoms with E-state index in [4.69, 9.17) is 0 Å². The van der Waals surface area contributed by atoms with Gasteiger partial charge in [0.15, 0.2) is 3.98 Å². The lowest BCUT2D eigenvalue weighted by Crippen LogP contribution is -2.29. The van der Waals surface area contributed by atoms with Crippen LogP contribution in [0.3, 0.4) is 0 Å². The maximum Gasteiger partial charge on any atom is 0.277 e. The highest BCUT2D eigenvalue weighted by Crippen LogP contribution is 2.32. The summed E-state index contributed by atoms with van der Waals surface area (Å²) < 4.78 is 0.661. The molecule has 2 amide bonds. The van der Waals surface area contributed by atoms with Gasteiger partial charge in [-0.05, 0) is 12.1 Å². The van der Waals surface area contributed by atoms with E-state index in [1.165, 1.54) is 38.9 Å². The number of imide groups is 1. The number of carbonyl (C=O) groups is 2. The molecule has 8 heteroatoms. The molecule has 1 aliphatic heterocycles. The molecule has 3 heterocycles. The van der Waals surface area contributed by atoms with Gasteiger partial charge in [-0.2, -0.15) is 4.99 Å². The molecule has 0 aliphatic carbocycles. The Morgan fingerprint density at radius 2 is 1.68 bits per heavy atom. The number of rotatable bonds is 2. The quantitative estimate of drug-likeness (QED) is 0.670. The molecule has 0 spiro atoms. The highest BCUT2D eigenvalue weighted by molar-refractivity contribution is 7.30. The summed E-state index contributed by atoms with van der Waals surface area (Å²) in [6, 6.07) is 8.94. The van der Waals surface area contributed by atoms with Crippen molar-refractivity contribution in [3.63, 3.8) is 0 Å². The first-order valence-corrected chi connectivity index (χ1v) is 8.77. The second-order valence-electron chi connectivity index (χ2n) is 4.34. The number of amides is 2. The molecule has 0 unspecified atom stereocenters. The molecule has 3 aromatic rings. The molecular formula is C14H7N3O2S3. The van der Waals surface area contributed by atoms with Crippen molar-refractivity contribution < 1.29 is 9.59 Å². The van der Waals surface area contributed by atoms with E-state index >= 15 is 0 Å². The van der Waals surface area contributed by atoms with E-state index in [0.29, 0.717) is 24.6 Å². The molecule has 4 rings (SSSR count). The highest BCUT2D eigenvalue weighted by Gasteiger charge is 2.39. The van der Waals surface area contributed by atoms with Crippen LogP contribution < -0.4 is 8.88 Å². The fourth-order valence-electron chi connectivity index (χ4n) is 2.07. The topological polar surface area (TPSA) is 62.6 Å². The van der Waals surface area contributed by atoms with Crippen LogP contribution in [0.25, 0.3) is 0 Å². The van der Waals surface area contributed by atoms with E-state index in [2.05, 4.69) is 9.98 Å². The number of nitrogens with zero attached hydrogens (tertiary/aromatic N) is 3. The van der Waals surface area contributed by atoms with Gasteiger partial charge in [0.25, 0.3) is 11.8 Å². The van der Waals surface area contributed by atoms with Gasteiger partial charge < -0.3 is 0 Å². The summed E-state index contributed by atoms with van der Waals surface area (Å²) in [5, 5.41) is 2.45. The zero-order chi connectivity index (χ0) is 15.1. The Labute approximate surface area is 136 Å². The standard InChI is InChI=1S/C14H7N3O2S3/c18-11-9-10(12(19)17(11)8-4-2-1-3-5-8)22-14(21-9)16-13-15-6-7-20-13/h1-7H. The Morgan fingerprint density at radius 1 is 1.00 bits per heavy atom. The van der Waals surface area contributed by atoms with Crippen LogP contribution in [-0.4, -0.2) is 16.8 Å². The van der Waals surface area contributed by atoms with E-state index in [0.717, 1.165) is 0 Å². The number of anilines is 1. The lowest BCUT2D eigenvalue weighted by atomic mass is 10.3. The van der Waals surface area contributed by atoms with Crippen molar-refractivity contribution in [3.05, 3.63) is 55.6 Å². The minimum Gasteiger partial charge on any atom is -0.267 e. The Balaban J connectivity index is 1.76. The predicted molar refractivity (Wildman–Crippen MR) is 87.1 cm³/mol. The SMILES string of the molecule is O=C1c2sc(=Nc3nccs3)sc2C(=O)N1c1ccccc1. The van der Waals surface area contributed by atoms with Gasteiger partial charge in [-0.3, -0.25) is 9.59 Å². The zero-order valence-corrected chi connectivity index (χ0v) is 13.4. The van der Waals surface area contributed by atoms with Crippen molar-refractivity contribution in [2.45, 2.75) is 0 Å². The van der Waals surface area contributed by atoms with Gasteiger partial charge in [-0.1, -0.05) is 40.9 Å². The number of hydrogen-bond donors (Lipinski definition) is 0. The number of hydrogen-bond acceptors (Lipinski definition) is 7. The van der Waals surface area contributed by atoms with E-state index < -0.39 is 0 Å². The number of thiazole rings is 1. The van der Waals surface area contributed by atoms with Crippen molar-refractivity contribution in [2.75, 3.05) is 4.90 Å². The third-order valence-corrected chi connectivity index (χ3v) is 5.99. The van der Waals surface area contributed by atoms with Gasteiger partial charge in [0, 0.05) is 11.6 Å². The fraction of sp³-hybridized carbons (Fsp3) is 0. The Bertz CT molecular complexity index is 889. The number of benzene rings is 1. The highest BCUT2D eigenvalue weighted by atomic mass is 32.2. The van der Waals surface area contributed by atoms with Crippen LogP contribution in [0, 0.1) is 0 Å². The van der Waals surface area contributed by atoms with Crippen LogP contribution in [0.1, 0.15) is 19.3 Å². The van der Waals surface area contributed by atoms with Crippen molar-refractivity contribution in [2.24, 2.45) is 4.99 Å². The van der Waals surface area contributed by atoms with Crippen LogP contribution in [-0.2, 0) is 0 Å². The van der Waals surface area contributed by atoms with Crippen molar-refractivity contribution in [3.8, 4) is 0 Å². The summed E-state index contributed by atoms with van der Waals surface area (Å²) in [5.74, 6) is -0.568. The summed E-state index contributed by atoms with van der Waals surface area (Å²) in [5.41, 5.74) is 0.589. The Morgan fingerprint density at radius 3 is 2.27 bits per heavy atom. The summed E-state index contributed by atoms with van der Waals surface area (Å²) >= 11 is 3.89. The molecule has 0 fully saturated rings. The zero-order valence-electron chi connectivity index (χ0n) is 10.9. The molecule has 22 heavy (non-hydrogen) atoms. The van der Waals surface area contributed by atoms with Crippen LogP contribution in [0.2, 0.25) is 0 Å². The first-order chi connectivity index (χ1) is 10.7.